The minimum atomic E-state index is -3.84. The van der Waals surface area contributed by atoms with Gasteiger partial charge in [0.2, 0.25) is 10.0 Å². The first kappa shape index (κ1) is 21.0. The van der Waals surface area contributed by atoms with Crippen LogP contribution in [0.2, 0.25) is 0 Å². The van der Waals surface area contributed by atoms with Gasteiger partial charge in [0.1, 0.15) is 0 Å². The van der Waals surface area contributed by atoms with Gasteiger partial charge in [0, 0.05) is 19.8 Å². The number of rotatable bonds is 4. The second-order valence-electron chi connectivity index (χ2n) is 7.23. The molecule has 29 heavy (non-hydrogen) atoms. The summed E-state index contributed by atoms with van der Waals surface area (Å²) >= 11 is 0. The van der Waals surface area contributed by atoms with Crippen LogP contribution in [0.25, 0.3) is 22.3 Å². The number of sulfonamides is 1. The van der Waals surface area contributed by atoms with Gasteiger partial charge >= 0.3 is 0 Å². The van der Waals surface area contributed by atoms with Crippen LogP contribution in [0.4, 0.5) is 14.5 Å². The Hall–Kier alpha value is -2.77. The second kappa shape index (κ2) is 7.57. The van der Waals surface area contributed by atoms with E-state index in [0.717, 1.165) is 28.4 Å². The molecule has 0 aliphatic carbocycles. The molecule has 0 aliphatic heterocycles. The van der Waals surface area contributed by atoms with Crippen LogP contribution in [-0.2, 0) is 10.0 Å². The fraction of sp³-hybridized carbons (Fsp3) is 0.182. The summed E-state index contributed by atoms with van der Waals surface area (Å²) in [7, 11) is 0.0571. The quantitative estimate of drug-likeness (QED) is 0.675. The minimum absolute atomic E-state index is 0.0487. The zero-order valence-electron chi connectivity index (χ0n) is 16.6. The van der Waals surface area contributed by atoms with Crippen LogP contribution in [0.1, 0.15) is 11.1 Å². The highest BCUT2D eigenvalue weighted by molar-refractivity contribution is 7.89. The molecule has 0 bridgehead atoms. The molecule has 0 fully saturated rings. The van der Waals surface area contributed by atoms with Gasteiger partial charge < -0.3 is 4.90 Å². The Labute approximate surface area is 169 Å². The van der Waals surface area contributed by atoms with Crippen molar-refractivity contribution in [1.82, 2.24) is 0 Å². The summed E-state index contributed by atoms with van der Waals surface area (Å²) < 4.78 is 51.2. The van der Waals surface area contributed by atoms with E-state index in [0.29, 0.717) is 16.7 Å². The molecule has 0 radical (unpaired) electrons. The smallest absolute Gasteiger partial charge is 0.238 e. The van der Waals surface area contributed by atoms with Crippen molar-refractivity contribution in [3.8, 4) is 22.3 Å². The Morgan fingerprint density at radius 1 is 0.793 bits per heavy atom. The minimum Gasteiger partial charge on any atom is -0.377 e. The lowest BCUT2D eigenvalue weighted by atomic mass is 9.91. The second-order valence-corrected chi connectivity index (χ2v) is 8.80. The lowest BCUT2D eigenvalue weighted by Gasteiger charge is -2.21. The molecule has 152 valence electrons. The van der Waals surface area contributed by atoms with E-state index >= 15 is 0 Å². The Bertz CT molecular complexity index is 1170. The summed E-state index contributed by atoms with van der Waals surface area (Å²) in [6, 6.07) is 11.9. The molecule has 0 saturated carbocycles. The average Bonchev–Trinajstić information content (AvgIpc) is 2.62. The van der Waals surface area contributed by atoms with Gasteiger partial charge in [-0.3, -0.25) is 0 Å². The molecule has 3 aromatic rings. The van der Waals surface area contributed by atoms with Crippen molar-refractivity contribution in [2.24, 2.45) is 5.14 Å². The zero-order valence-corrected chi connectivity index (χ0v) is 17.4. The van der Waals surface area contributed by atoms with Gasteiger partial charge in [0.05, 0.1) is 4.90 Å². The van der Waals surface area contributed by atoms with Gasteiger partial charge in [-0.05, 0) is 83.6 Å². The van der Waals surface area contributed by atoms with E-state index in [-0.39, 0.29) is 4.90 Å². The van der Waals surface area contributed by atoms with E-state index in [1.54, 1.807) is 0 Å². The molecule has 2 N–H and O–H groups in total. The monoisotopic (exact) mass is 416 g/mol. The maximum Gasteiger partial charge on any atom is 0.238 e. The predicted octanol–water partition coefficient (Wildman–Crippen LogP) is 4.63. The van der Waals surface area contributed by atoms with Crippen molar-refractivity contribution in [3.05, 3.63) is 71.3 Å². The third-order valence-electron chi connectivity index (χ3n) is 4.80. The Morgan fingerprint density at radius 3 is 1.66 bits per heavy atom. The van der Waals surface area contributed by atoms with Gasteiger partial charge in [-0.1, -0.05) is 12.1 Å². The Morgan fingerprint density at radius 2 is 1.24 bits per heavy atom. The molecule has 0 atom stereocenters. The van der Waals surface area contributed by atoms with Crippen molar-refractivity contribution >= 4 is 15.7 Å². The number of nitrogens with two attached hydrogens (primary N) is 1. The maximum absolute atomic E-state index is 14.1. The van der Waals surface area contributed by atoms with Crippen molar-refractivity contribution in [3.63, 3.8) is 0 Å². The van der Waals surface area contributed by atoms with Crippen LogP contribution in [0.15, 0.2) is 53.4 Å². The molecule has 0 aromatic heterocycles. The van der Waals surface area contributed by atoms with Crippen molar-refractivity contribution in [1.29, 1.82) is 0 Å². The number of benzene rings is 3. The number of hydrogen-bond donors (Lipinski definition) is 1. The molecular weight excluding hydrogens is 394 g/mol. The van der Waals surface area contributed by atoms with Crippen molar-refractivity contribution in [2.75, 3.05) is 19.0 Å². The molecule has 3 rings (SSSR count). The first-order valence-corrected chi connectivity index (χ1v) is 10.4. The summed E-state index contributed by atoms with van der Waals surface area (Å²) in [6.45, 7) is 3.93. The van der Waals surface area contributed by atoms with E-state index in [9.17, 15) is 17.2 Å². The summed E-state index contributed by atoms with van der Waals surface area (Å²) in [4.78, 5) is 1.96. The first-order chi connectivity index (χ1) is 13.5. The number of primary sulfonamides is 1. The van der Waals surface area contributed by atoms with Crippen LogP contribution >= 0.6 is 0 Å². The molecule has 0 saturated heterocycles. The zero-order chi connectivity index (χ0) is 21.5. The van der Waals surface area contributed by atoms with Crippen molar-refractivity contribution in [2.45, 2.75) is 18.7 Å². The molecule has 0 aliphatic rings. The molecule has 3 aromatic carbocycles. The van der Waals surface area contributed by atoms with Crippen LogP contribution in [0.3, 0.4) is 0 Å². The number of anilines is 1. The molecule has 0 heterocycles. The number of hydrogen-bond acceptors (Lipinski definition) is 3. The standard InChI is InChI=1S/C22H22F2N2O2S/c1-13-9-16(10-14(2)22(13)26(3)4)19-12-21(24)20(23)11-18(19)15-5-7-17(8-6-15)29(25,27)28/h5-12H,1-4H3,(H2,25,27,28). The van der Waals surface area contributed by atoms with E-state index in [1.807, 2.05) is 45.0 Å². The summed E-state index contributed by atoms with van der Waals surface area (Å²) in [5.41, 5.74) is 5.35. The molecule has 0 spiro atoms. The largest absolute Gasteiger partial charge is 0.377 e. The highest BCUT2D eigenvalue weighted by Crippen LogP contribution is 2.37. The molecule has 7 heteroatoms. The van der Waals surface area contributed by atoms with Gasteiger partial charge in [0.25, 0.3) is 0 Å². The lowest BCUT2D eigenvalue weighted by Crippen LogP contribution is -2.12. The third-order valence-corrected chi connectivity index (χ3v) is 5.73. The van der Waals surface area contributed by atoms with E-state index in [2.05, 4.69) is 0 Å². The van der Waals surface area contributed by atoms with Gasteiger partial charge in [0.15, 0.2) is 11.6 Å². The van der Waals surface area contributed by atoms with E-state index < -0.39 is 21.7 Å². The molecule has 0 unspecified atom stereocenters. The predicted molar refractivity (Wildman–Crippen MR) is 112 cm³/mol. The number of nitrogens with zero attached hydrogens (tertiary/aromatic N) is 1. The Balaban J connectivity index is 2.23. The highest BCUT2D eigenvalue weighted by Gasteiger charge is 2.16. The highest BCUT2D eigenvalue weighted by atomic mass is 32.2. The van der Waals surface area contributed by atoms with Crippen LogP contribution in [0.5, 0.6) is 0 Å². The van der Waals surface area contributed by atoms with E-state index in [1.165, 1.54) is 30.3 Å². The maximum atomic E-state index is 14.1. The average molecular weight is 416 g/mol. The molecular formula is C22H22F2N2O2S. The molecule has 0 amide bonds. The topological polar surface area (TPSA) is 63.4 Å². The summed E-state index contributed by atoms with van der Waals surface area (Å²) in [5, 5.41) is 5.14. The summed E-state index contributed by atoms with van der Waals surface area (Å²) in [6.07, 6.45) is 0. The SMILES string of the molecule is Cc1cc(-c2cc(F)c(F)cc2-c2ccc(S(N)(=O)=O)cc2)cc(C)c1N(C)C. The third kappa shape index (κ3) is 4.16. The van der Waals surface area contributed by atoms with E-state index in [4.69, 9.17) is 5.14 Å². The van der Waals surface area contributed by atoms with Crippen molar-refractivity contribution < 1.29 is 17.2 Å². The fourth-order valence-electron chi connectivity index (χ4n) is 3.67. The van der Waals surface area contributed by atoms with Gasteiger partial charge in [-0.2, -0.15) is 0 Å². The van der Waals surface area contributed by atoms with Gasteiger partial charge in [-0.15, -0.1) is 0 Å². The van der Waals surface area contributed by atoms with Crippen LogP contribution < -0.4 is 10.0 Å². The molecule has 4 nitrogen and oxygen atoms in total. The number of aryl methyl sites for hydroxylation is 2. The normalized spacial score (nSPS) is 11.6. The van der Waals surface area contributed by atoms with Crippen LogP contribution in [-0.4, -0.2) is 22.5 Å². The number of halogens is 2. The lowest BCUT2D eigenvalue weighted by molar-refractivity contribution is 0.509. The first-order valence-electron chi connectivity index (χ1n) is 8.90. The van der Waals surface area contributed by atoms with Crippen LogP contribution in [0, 0.1) is 25.5 Å². The fourth-order valence-corrected chi connectivity index (χ4v) is 4.18. The summed E-state index contributed by atoms with van der Waals surface area (Å²) in [5.74, 6) is -1.92. The Kier molecular flexibility index (Phi) is 5.47. The van der Waals surface area contributed by atoms with Gasteiger partial charge in [-0.25, -0.2) is 22.3 Å².